The van der Waals surface area contributed by atoms with Crippen molar-refractivity contribution in [1.29, 1.82) is 0 Å². The Bertz CT molecular complexity index is 1780. The first-order chi connectivity index (χ1) is 18.2. The predicted molar refractivity (Wildman–Crippen MR) is 145 cm³/mol. The van der Waals surface area contributed by atoms with Crippen molar-refractivity contribution < 1.29 is 9.53 Å². The minimum atomic E-state index is -0.729. The Morgan fingerprint density at radius 1 is 0.757 bits per heavy atom. The Kier molecular flexibility index (Phi) is 4.76. The second-order valence-electron chi connectivity index (χ2n) is 9.11. The van der Waals surface area contributed by atoms with Gasteiger partial charge in [-0.25, -0.2) is 0 Å². The molecule has 0 bridgehead atoms. The average Bonchev–Trinajstić information content (AvgIpc) is 3.41. The van der Waals surface area contributed by atoms with Crippen LogP contribution in [0.4, 0.5) is 0 Å². The molecule has 1 aromatic heterocycles. The van der Waals surface area contributed by atoms with Gasteiger partial charge in [0.15, 0.2) is 5.60 Å². The normalized spacial score (nSPS) is 13.8. The van der Waals surface area contributed by atoms with Crippen LogP contribution in [0, 0.1) is 0 Å². The molecule has 0 saturated heterocycles. The van der Waals surface area contributed by atoms with Crippen LogP contribution in [0.1, 0.15) is 27.0 Å². The third kappa shape index (κ3) is 3.36. The number of hydrogen-bond donors (Lipinski definition) is 0. The summed E-state index contributed by atoms with van der Waals surface area (Å²) in [6.07, 6.45) is 4.26. The lowest BCUT2D eigenvalue weighted by atomic mass is 9.83. The van der Waals surface area contributed by atoms with Crippen molar-refractivity contribution in [2.24, 2.45) is 0 Å². The molecule has 6 aromatic rings. The van der Waals surface area contributed by atoms with Gasteiger partial charge in [-0.15, -0.1) is 5.10 Å². The van der Waals surface area contributed by atoms with Crippen molar-refractivity contribution in [1.82, 2.24) is 15.0 Å². The van der Waals surface area contributed by atoms with E-state index in [1.807, 2.05) is 91.0 Å². The van der Waals surface area contributed by atoms with Crippen LogP contribution in [-0.4, -0.2) is 20.9 Å². The number of para-hydroxylation sites is 1. The van der Waals surface area contributed by atoms with Crippen molar-refractivity contribution in [2.75, 3.05) is 0 Å². The summed E-state index contributed by atoms with van der Waals surface area (Å²) in [5.41, 5.74) is 4.30. The minimum Gasteiger partial charge on any atom is -0.473 e. The molecule has 1 aliphatic rings. The third-order valence-corrected chi connectivity index (χ3v) is 6.97. The number of ether oxygens (including phenoxy) is 1. The van der Waals surface area contributed by atoms with Crippen LogP contribution in [0.3, 0.4) is 0 Å². The van der Waals surface area contributed by atoms with Gasteiger partial charge in [-0.3, -0.25) is 4.79 Å². The molecule has 0 fully saturated rings. The average molecular weight is 480 g/mol. The summed E-state index contributed by atoms with van der Waals surface area (Å²) in [4.78, 5) is 13.3. The molecule has 0 atom stereocenters. The van der Waals surface area contributed by atoms with E-state index in [9.17, 15) is 4.79 Å². The van der Waals surface area contributed by atoms with Gasteiger partial charge in [0.2, 0.25) is 0 Å². The topological polar surface area (TPSA) is 57.0 Å². The summed E-state index contributed by atoms with van der Waals surface area (Å²) in [6.45, 7) is 0. The third-order valence-electron chi connectivity index (χ3n) is 6.97. The standard InChI is InChI=1S/C32H21N3O2/c36-31(35-29-14-8-7-13-28(29)33-34-35)23-15-17-26-22(21-23)16-18-30-27(26)19-20-32(37-30,24-9-3-1-4-10-24)25-11-5-2-6-12-25/h1-21H. The Morgan fingerprint density at radius 2 is 1.46 bits per heavy atom. The highest BCUT2D eigenvalue weighted by Gasteiger charge is 2.37. The molecule has 7 rings (SSSR count). The summed E-state index contributed by atoms with van der Waals surface area (Å²) in [5, 5.41) is 10.2. The number of fused-ring (bicyclic) bond motifs is 4. The predicted octanol–water partition coefficient (Wildman–Crippen LogP) is 6.62. The molecule has 2 heterocycles. The number of carbonyl (C=O) groups excluding carboxylic acids is 1. The first-order valence-corrected chi connectivity index (χ1v) is 12.1. The van der Waals surface area contributed by atoms with Crippen LogP contribution >= 0.6 is 0 Å². The molecule has 5 heteroatoms. The van der Waals surface area contributed by atoms with E-state index >= 15 is 0 Å². The second kappa shape index (κ2) is 8.28. The second-order valence-corrected chi connectivity index (χ2v) is 9.11. The van der Waals surface area contributed by atoms with E-state index < -0.39 is 5.60 Å². The molecule has 0 saturated carbocycles. The van der Waals surface area contributed by atoms with E-state index in [4.69, 9.17) is 4.74 Å². The molecule has 0 spiro atoms. The molecular formula is C32H21N3O2. The van der Waals surface area contributed by atoms with Gasteiger partial charge in [0.1, 0.15) is 11.3 Å². The number of benzene rings is 5. The van der Waals surface area contributed by atoms with Crippen molar-refractivity contribution >= 4 is 33.8 Å². The van der Waals surface area contributed by atoms with Crippen LogP contribution in [0.5, 0.6) is 5.75 Å². The van der Waals surface area contributed by atoms with Gasteiger partial charge in [0.25, 0.3) is 5.91 Å². The quantitative estimate of drug-likeness (QED) is 0.286. The Balaban J connectivity index is 1.31. The van der Waals surface area contributed by atoms with Crippen LogP contribution in [0.15, 0.2) is 121 Å². The maximum absolute atomic E-state index is 13.3. The Morgan fingerprint density at radius 3 is 2.22 bits per heavy atom. The van der Waals surface area contributed by atoms with Crippen LogP contribution in [-0.2, 0) is 5.60 Å². The van der Waals surface area contributed by atoms with Crippen molar-refractivity contribution in [3.05, 3.63) is 144 Å². The summed E-state index contributed by atoms with van der Waals surface area (Å²) in [6, 6.07) is 37.7. The summed E-state index contributed by atoms with van der Waals surface area (Å²) in [5.74, 6) is 0.580. The highest BCUT2D eigenvalue weighted by molar-refractivity contribution is 6.04. The molecule has 1 aliphatic heterocycles. The summed E-state index contributed by atoms with van der Waals surface area (Å²) < 4.78 is 8.16. The maximum Gasteiger partial charge on any atom is 0.280 e. The lowest BCUT2D eigenvalue weighted by Crippen LogP contribution is -2.34. The number of nitrogens with zero attached hydrogens (tertiary/aromatic N) is 3. The number of carbonyl (C=O) groups is 1. The van der Waals surface area contributed by atoms with Gasteiger partial charge in [0.05, 0.1) is 5.52 Å². The van der Waals surface area contributed by atoms with E-state index in [1.54, 1.807) is 0 Å². The molecule has 0 N–H and O–H groups in total. The zero-order valence-electron chi connectivity index (χ0n) is 19.8. The smallest absolute Gasteiger partial charge is 0.280 e. The zero-order chi connectivity index (χ0) is 24.8. The van der Waals surface area contributed by atoms with Gasteiger partial charge in [-0.1, -0.05) is 90.1 Å². The van der Waals surface area contributed by atoms with E-state index in [2.05, 4.69) is 46.7 Å². The van der Waals surface area contributed by atoms with Gasteiger partial charge in [0, 0.05) is 22.3 Å². The molecule has 176 valence electrons. The van der Waals surface area contributed by atoms with Crippen LogP contribution < -0.4 is 4.74 Å². The van der Waals surface area contributed by atoms with Gasteiger partial charge in [-0.2, -0.15) is 4.68 Å². The molecule has 0 aliphatic carbocycles. The summed E-state index contributed by atoms with van der Waals surface area (Å²) in [7, 11) is 0. The Hall–Kier alpha value is -5.03. The number of aromatic nitrogens is 3. The van der Waals surface area contributed by atoms with E-state index in [1.165, 1.54) is 4.68 Å². The maximum atomic E-state index is 13.3. The van der Waals surface area contributed by atoms with Gasteiger partial charge >= 0.3 is 0 Å². The van der Waals surface area contributed by atoms with E-state index in [-0.39, 0.29) is 5.91 Å². The van der Waals surface area contributed by atoms with Crippen LogP contribution in [0.2, 0.25) is 0 Å². The molecule has 5 aromatic carbocycles. The van der Waals surface area contributed by atoms with Crippen molar-refractivity contribution in [3.8, 4) is 5.75 Å². The minimum absolute atomic E-state index is 0.215. The van der Waals surface area contributed by atoms with E-state index in [0.29, 0.717) is 16.6 Å². The fourth-order valence-electron chi connectivity index (χ4n) is 5.13. The molecular weight excluding hydrogens is 458 g/mol. The van der Waals surface area contributed by atoms with Crippen LogP contribution in [0.25, 0.3) is 27.9 Å². The Labute approximate surface area is 213 Å². The first-order valence-electron chi connectivity index (χ1n) is 12.1. The summed E-state index contributed by atoms with van der Waals surface area (Å²) >= 11 is 0. The first kappa shape index (κ1) is 21.3. The lowest BCUT2D eigenvalue weighted by Gasteiger charge is -2.36. The highest BCUT2D eigenvalue weighted by atomic mass is 16.5. The molecule has 0 radical (unpaired) electrons. The van der Waals surface area contributed by atoms with E-state index in [0.717, 1.165) is 33.2 Å². The largest absolute Gasteiger partial charge is 0.473 e. The monoisotopic (exact) mass is 479 g/mol. The fraction of sp³-hybridized carbons (Fsp3) is 0.0312. The lowest BCUT2D eigenvalue weighted by molar-refractivity contribution is 0.0948. The molecule has 5 nitrogen and oxygen atoms in total. The van der Waals surface area contributed by atoms with Gasteiger partial charge in [-0.05, 0) is 53.3 Å². The van der Waals surface area contributed by atoms with Gasteiger partial charge < -0.3 is 4.74 Å². The number of hydrogen-bond acceptors (Lipinski definition) is 4. The fourth-order valence-corrected chi connectivity index (χ4v) is 5.13. The SMILES string of the molecule is O=C(c1ccc2c3c(ccc2c1)OC(c1ccccc1)(c1ccccc1)C=C3)n1nnc2ccccc21. The zero-order valence-corrected chi connectivity index (χ0v) is 19.8. The number of rotatable bonds is 3. The highest BCUT2D eigenvalue weighted by Crippen LogP contribution is 2.44. The molecule has 0 amide bonds. The molecule has 37 heavy (non-hydrogen) atoms. The van der Waals surface area contributed by atoms with Crippen molar-refractivity contribution in [2.45, 2.75) is 5.60 Å². The van der Waals surface area contributed by atoms with Crippen molar-refractivity contribution in [3.63, 3.8) is 0 Å². The molecule has 0 unspecified atom stereocenters.